The minimum atomic E-state index is -1.47. The monoisotopic (exact) mass is 710 g/mol. The fourth-order valence-electron chi connectivity index (χ4n) is 4.72. The molecule has 0 aliphatic carbocycles. The van der Waals surface area contributed by atoms with Gasteiger partial charge >= 0.3 is 5.97 Å². The van der Waals surface area contributed by atoms with Gasteiger partial charge in [-0.05, 0) is 58.4 Å². The number of esters is 1. The number of nitrogens with one attached hydrogen (secondary N) is 6. The Hall–Kier alpha value is -4.62. The quantitative estimate of drug-likeness (QED) is 0.0395. The molecule has 1 rings (SSSR count). The van der Waals surface area contributed by atoms with Crippen LogP contribution in [0, 0.1) is 5.92 Å². The lowest BCUT2D eigenvalue weighted by Crippen LogP contribution is -2.60. The molecule has 50 heavy (non-hydrogen) atoms. The topological polar surface area (TPSA) is 316 Å². The van der Waals surface area contributed by atoms with E-state index < -0.39 is 83.8 Å². The Morgan fingerprint density at radius 2 is 1.36 bits per heavy atom. The number of ether oxygens (including phenoxy) is 1. The number of methoxy groups -OCH3 is 1. The van der Waals surface area contributed by atoms with Gasteiger partial charge in [0.2, 0.25) is 35.4 Å². The van der Waals surface area contributed by atoms with Crippen molar-refractivity contribution in [2.24, 2.45) is 23.1 Å². The number of carbonyl (C=O) groups is 7. The van der Waals surface area contributed by atoms with Crippen molar-refractivity contribution in [2.45, 2.75) is 115 Å². The van der Waals surface area contributed by atoms with Crippen LogP contribution in [0.3, 0.4) is 0 Å². The van der Waals surface area contributed by atoms with Crippen molar-refractivity contribution in [2.75, 3.05) is 13.7 Å². The molecule has 7 atom stereocenters. The van der Waals surface area contributed by atoms with Gasteiger partial charge < -0.3 is 58.6 Å². The van der Waals surface area contributed by atoms with Crippen LogP contribution in [0.15, 0.2) is 12.5 Å². The van der Waals surface area contributed by atoms with E-state index in [-0.39, 0.29) is 38.0 Å². The minimum Gasteiger partial charge on any atom is -0.467 e. The average molecular weight is 711 g/mol. The summed E-state index contributed by atoms with van der Waals surface area (Å²) in [4.78, 5) is 96.9. The van der Waals surface area contributed by atoms with E-state index in [1.807, 2.05) is 0 Å². The predicted molar refractivity (Wildman–Crippen MR) is 180 cm³/mol. The lowest BCUT2D eigenvalue weighted by molar-refractivity contribution is -0.148. The van der Waals surface area contributed by atoms with Gasteiger partial charge in [-0.15, -0.1) is 0 Å². The van der Waals surface area contributed by atoms with Gasteiger partial charge in [-0.2, -0.15) is 0 Å². The van der Waals surface area contributed by atoms with Gasteiger partial charge in [-0.1, -0.05) is 13.8 Å². The van der Waals surface area contributed by atoms with Crippen LogP contribution in [0.5, 0.6) is 0 Å². The number of aliphatic hydroxyl groups is 1. The Bertz CT molecular complexity index is 1270. The molecule has 0 fully saturated rings. The first-order valence-electron chi connectivity index (χ1n) is 16.5. The molecule has 1 aromatic heterocycles. The number of unbranched alkanes of at least 4 members (excludes halogenated alkanes) is 1. The number of rotatable bonds is 23. The zero-order valence-corrected chi connectivity index (χ0v) is 29.3. The fraction of sp³-hybridized carbons (Fsp3) is 0.677. The van der Waals surface area contributed by atoms with Gasteiger partial charge in [0.1, 0.15) is 24.2 Å². The second kappa shape index (κ2) is 22.2. The summed E-state index contributed by atoms with van der Waals surface area (Å²) >= 11 is 0. The van der Waals surface area contributed by atoms with Crippen molar-refractivity contribution in [3.8, 4) is 0 Å². The average Bonchev–Trinajstić information content (AvgIpc) is 3.56. The van der Waals surface area contributed by atoms with E-state index in [2.05, 4.69) is 41.3 Å². The lowest BCUT2D eigenvalue weighted by atomic mass is 10.0. The molecule has 19 nitrogen and oxygen atoms in total. The molecule has 0 aromatic carbocycles. The van der Waals surface area contributed by atoms with Gasteiger partial charge in [-0.25, -0.2) is 9.78 Å². The van der Waals surface area contributed by atoms with Crippen molar-refractivity contribution in [1.29, 1.82) is 0 Å². The zero-order valence-electron chi connectivity index (χ0n) is 29.3. The number of nitrogens with zero attached hydrogens (tertiary/aromatic N) is 1. The molecule has 1 heterocycles. The predicted octanol–water partition coefficient (Wildman–Crippen LogP) is -3.28. The number of aromatic amines is 1. The fourth-order valence-corrected chi connectivity index (χ4v) is 4.72. The van der Waals surface area contributed by atoms with Gasteiger partial charge in [-0.3, -0.25) is 28.8 Å². The van der Waals surface area contributed by atoms with E-state index in [9.17, 15) is 38.7 Å². The summed E-state index contributed by atoms with van der Waals surface area (Å²) in [5.74, 6) is -5.54. The number of hydrogen-bond donors (Lipinski definition) is 10. The van der Waals surface area contributed by atoms with Crippen molar-refractivity contribution in [1.82, 2.24) is 36.6 Å². The van der Waals surface area contributed by atoms with Crippen LogP contribution in [0.4, 0.5) is 0 Å². The molecule has 0 unspecified atom stereocenters. The minimum absolute atomic E-state index is 0.0143. The molecule has 0 saturated carbocycles. The summed E-state index contributed by atoms with van der Waals surface area (Å²) < 4.78 is 4.62. The normalized spacial score (nSPS) is 15.3. The Balaban J connectivity index is 3.29. The van der Waals surface area contributed by atoms with Crippen molar-refractivity contribution >= 4 is 41.4 Å². The molecule has 0 bridgehead atoms. The Morgan fingerprint density at radius 3 is 1.86 bits per heavy atom. The van der Waals surface area contributed by atoms with E-state index in [1.54, 1.807) is 13.8 Å². The SMILES string of the molecule is COC(=O)[C@@H](NC(=O)[C@H](CCC(N)=O)NC(=O)[C@H](CC(C)C)NC(=O)[C@H](CCCCN)NC(=O)[C@H](Cc1cnc[nH]1)NC(=O)[C@@H](C)N)[C@@H](C)O. The van der Waals surface area contributed by atoms with Crippen LogP contribution >= 0.6 is 0 Å². The van der Waals surface area contributed by atoms with E-state index in [1.165, 1.54) is 26.4 Å². The molecular weight excluding hydrogens is 656 g/mol. The zero-order chi connectivity index (χ0) is 38.0. The smallest absolute Gasteiger partial charge is 0.331 e. The van der Waals surface area contributed by atoms with Gasteiger partial charge in [0.15, 0.2) is 6.04 Å². The first-order chi connectivity index (χ1) is 23.5. The van der Waals surface area contributed by atoms with Crippen LogP contribution in [0.1, 0.15) is 71.9 Å². The number of nitrogens with two attached hydrogens (primary N) is 3. The molecule has 0 aliphatic heterocycles. The summed E-state index contributed by atoms with van der Waals surface area (Å²) in [5, 5.41) is 22.7. The summed E-state index contributed by atoms with van der Waals surface area (Å²) in [6.45, 7) is 6.64. The molecule has 282 valence electrons. The highest BCUT2D eigenvalue weighted by Crippen LogP contribution is 2.10. The molecule has 13 N–H and O–H groups in total. The van der Waals surface area contributed by atoms with E-state index in [0.717, 1.165) is 7.11 Å². The van der Waals surface area contributed by atoms with Gasteiger partial charge in [0.05, 0.1) is 25.6 Å². The van der Waals surface area contributed by atoms with Crippen LogP contribution in [0.2, 0.25) is 0 Å². The second-order valence-corrected chi connectivity index (χ2v) is 12.5. The first-order valence-corrected chi connectivity index (χ1v) is 16.5. The largest absolute Gasteiger partial charge is 0.467 e. The van der Waals surface area contributed by atoms with E-state index in [4.69, 9.17) is 17.2 Å². The maximum Gasteiger partial charge on any atom is 0.331 e. The van der Waals surface area contributed by atoms with Crippen LogP contribution in [0.25, 0.3) is 0 Å². The number of carbonyl (C=O) groups excluding carboxylic acids is 7. The highest BCUT2D eigenvalue weighted by molar-refractivity contribution is 5.96. The van der Waals surface area contributed by atoms with Crippen LogP contribution in [-0.4, -0.2) is 112 Å². The van der Waals surface area contributed by atoms with Crippen LogP contribution < -0.4 is 43.8 Å². The summed E-state index contributed by atoms with van der Waals surface area (Å²) in [7, 11) is 1.07. The maximum atomic E-state index is 13.7. The molecule has 0 radical (unpaired) electrons. The van der Waals surface area contributed by atoms with E-state index >= 15 is 0 Å². The maximum absolute atomic E-state index is 13.7. The van der Waals surface area contributed by atoms with E-state index in [0.29, 0.717) is 25.1 Å². The van der Waals surface area contributed by atoms with Crippen LogP contribution in [-0.2, 0) is 44.7 Å². The highest BCUT2D eigenvalue weighted by Gasteiger charge is 2.34. The molecule has 1 aromatic rings. The Kier molecular flexibility index (Phi) is 19.2. The number of aliphatic hydroxyl groups excluding tert-OH is 1. The first kappa shape index (κ1) is 43.4. The van der Waals surface area contributed by atoms with Crippen molar-refractivity contribution in [3.05, 3.63) is 18.2 Å². The van der Waals surface area contributed by atoms with Crippen molar-refractivity contribution < 1.29 is 43.4 Å². The third-order valence-electron chi connectivity index (χ3n) is 7.49. The molecular formula is C31H54N10O9. The number of H-pyrrole nitrogens is 1. The summed E-state index contributed by atoms with van der Waals surface area (Å²) in [6, 6.07) is -7.29. The number of amides is 6. The third kappa shape index (κ3) is 15.7. The molecule has 19 heteroatoms. The summed E-state index contributed by atoms with van der Waals surface area (Å²) in [5.41, 5.74) is 17.2. The number of aromatic nitrogens is 2. The molecule has 0 aliphatic rings. The second-order valence-electron chi connectivity index (χ2n) is 12.5. The summed E-state index contributed by atoms with van der Waals surface area (Å²) in [6.07, 6.45) is 2.19. The molecule has 0 spiro atoms. The number of primary amides is 1. The molecule has 0 saturated heterocycles. The van der Waals surface area contributed by atoms with Crippen molar-refractivity contribution in [3.63, 3.8) is 0 Å². The standard InChI is InChI=1S/C31H54N10O9/c1-16(2)12-22(29(47)38-21(9-10-24(34)43)28(46)41-25(18(4)42)31(49)50-5)40-27(45)20(8-6-7-11-32)37-30(48)23(39-26(44)17(3)33)13-19-14-35-15-36-19/h14-18,20-23,25,42H,6-13,32-33H2,1-5H3,(H2,34,43)(H,35,36)(H,37,48)(H,38,47)(H,39,44)(H,40,45)(H,41,46)/t17-,18-,20+,21+,22+,23+,25+/m1/s1. The number of imidazole rings is 1. The Morgan fingerprint density at radius 1 is 0.820 bits per heavy atom. The van der Waals surface area contributed by atoms with Gasteiger partial charge in [0.25, 0.3) is 0 Å². The number of hydrogen-bond acceptors (Lipinski definition) is 12. The lowest BCUT2D eigenvalue weighted by Gasteiger charge is -2.28. The Labute approximate surface area is 291 Å². The third-order valence-corrected chi connectivity index (χ3v) is 7.49. The van der Waals surface area contributed by atoms with Gasteiger partial charge in [0, 0.05) is 24.7 Å². The molecule has 6 amide bonds. The highest BCUT2D eigenvalue weighted by atomic mass is 16.5.